The maximum Gasteiger partial charge on any atom is 0.316 e. The molecule has 0 unspecified atom stereocenters. The molecule has 0 aliphatic carbocycles. The molecule has 0 radical (unpaired) electrons. The lowest BCUT2D eigenvalue weighted by molar-refractivity contribution is -0.549. The Labute approximate surface area is 145 Å². The summed E-state index contributed by atoms with van der Waals surface area (Å²) in [5.41, 5.74) is 1.15. The van der Waals surface area contributed by atoms with Crippen LogP contribution >= 0.6 is 11.8 Å². The van der Waals surface area contributed by atoms with Gasteiger partial charge in [0, 0.05) is 16.9 Å². The zero-order valence-electron chi connectivity index (χ0n) is 13.6. The third-order valence-corrected chi connectivity index (χ3v) is 5.49. The van der Waals surface area contributed by atoms with Gasteiger partial charge in [-0.25, -0.2) is 0 Å². The molecule has 0 atom stereocenters. The Morgan fingerprint density at radius 1 is 0.917 bits per heavy atom. The second kappa shape index (κ2) is 5.63. The van der Waals surface area contributed by atoms with Crippen molar-refractivity contribution in [2.75, 3.05) is 5.75 Å². The molecule has 4 rings (SSSR count). The summed E-state index contributed by atoms with van der Waals surface area (Å²) in [6, 6.07) is 20.3. The van der Waals surface area contributed by atoms with Crippen molar-refractivity contribution in [1.82, 2.24) is 0 Å². The standard InChI is InChI=1S/C18H18N5S/c1-17(2)13-24-16(19-17)23-18(20-21-22-23,14-9-5-3-6-10-14)15-11-7-4-8-12-15/h3-12H,13H2,1-2H3/q+1. The van der Waals surface area contributed by atoms with Crippen LogP contribution < -0.4 is 0 Å². The van der Waals surface area contributed by atoms with Crippen LogP contribution in [-0.2, 0) is 5.66 Å². The lowest BCUT2D eigenvalue weighted by Crippen LogP contribution is -2.38. The molecule has 0 saturated carbocycles. The maximum atomic E-state index is 4.84. The van der Waals surface area contributed by atoms with Gasteiger partial charge in [0.1, 0.15) is 10.8 Å². The fourth-order valence-electron chi connectivity index (χ4n) is 2.95. The van der Waals surface area contributed by atoms with Crippen molar-refractivity contribution in [2.24, 2.45) is 20.6 Å². The van der Waals surface area contributed by atoms with E-state index in [0.29, 0.717) is 0 Å². The highest BCUT2D eigenvalue weighted by Gasteiger charge is 2.52. The molecule has 2 aromatic rings. The lowest BCUT2D eigenvalue weighted by Gasteiger charge is -2.24. The van der Waals surface area contributed by atoms with Crippen LogP contribution in [0, 0.1) is 0 Å². The SMILES string of the molecule is CC1(C)CSC([N+]2=NN=NC2(c2ccccc2)c2ccccc2)=N1. The van der Waals surface area contributed by atoms with Gasteiger partial charge in [0.05, 0.1) is 5.22 Å². The van der Waals surface area contributed by atoms with Crippen molar-refractivity contribution < 1.29 is 4.70 Å². The number of hydrogen-bond acceptors (Lipinski definition) is 5. The minimum Gasteiger partial charge on any atom is -0.129 e. The monoisotopic (exact) mass is 336 g/mol. The van der Waals surface area contributed by atoms with Gasteiger partial charge in [0.25, 0.3) is 5.66 Å². The highest BCUT2D eigenvalue weighted by Crippen LogP contribution is 2.42. The van der Waals surface area contributed by atoms with Crippen molar-refractivity contribution in [3.05, 3.63) is 71.8 Å². The van der Waals surface area contributed by atoms with Crippen LogP contribution in [0.5, 0.6) is 0 Å². The van der Waals surface area contributed by atoms with Crippen LogP contribution in [0.4, 0.5) is 0 Å². The quantitative estimate of drug-likeness (QED) is 0.739. The van der Waals surface area contributed by atoms with Crippen LogP contribution in [0.2, 0.25) is 0 Å². The molecular formula is C18H18N5S+. The van der Waals surface area contributed by atoms with Crippen molar-refractivity contribution >= 4 is 16.9 Å². The van der Waals surface area contributed by atoms with E-state index in [2.05, 4.69) is 53.7 Å². The van der Waals surface area contributed by atoms with Gasteiger partial charge in [0.15, 0.2) is 0 Å². The molecule has 0 bridgehead atoms. The van der Waals surface area contributed by atoms with Crippen molar-refractivity contribution in [2.45, 2.75) is 25.0 Å². The number of nitrogens with zero attached hydrogens (tertiary/aromatic N) is 5. The molecule has 2 aliphatic heterocycles. The number of benzene rings is 2. The van der Waals surface area contributed by atoms with E-state index in [1.54, 1.807) is 11.8 Å². The van der Waals surface area contributed by atoms with E-state index in [-0.39, 0.29) is 5.54 Å². The summed E-state index contributed by atoms with van der Waals surface area (Å²) in [7, 11) is 0. The molecule has 2 aromatic carbocycles. The first-order valence-electron chi connectivity index (χ1n) is 7.89. The third-order valence-electron chi connectivity index (χ3n) is 4.11. The van der Waals surface area contributed by atoms with Gasteiger partial charge < -0.3 is 0 Å². The average molecular weight is 336 g/mol. The number of rotatable bonds is 2. The van der Waals surface area contributed by atoms with E-state index < -0.39 is 5.66 Å². The van der Waals surface area contributed by atoms with E-state index in [9.17, 15) is 0 Å². The highest BCUT2D eigenvalue weighted by atomic mass is 32.2. The van der Waals surface area contributed by atoms with E-state index in [1.807, 2.05) is 41.1 Å². The third kappa shape index (κ3) is 2.38. The first-order valence-corrected chi connectivity index (χ1v) is 8.87. The minimum absolute atomic E-state index is 0.1000. The Balaban J connectivity index is 1.92. The van der Waals surface area contributed by atoms with E-state index in [1.165, 1.54) is 0 Å². The maximum absolute atomic E-state index is 4.84. The van der Waals surface area contributed by atoms with Gasteiger partial charge in [-0.2, -0.15) is 0 Å². The number of hydrogen-bond donors (Lipinski definition) is 0. The summed E-state index contributed by atoms with van der Waals surface area (Å²) >= 11 is 1.70. The highest BCUT2D eigenvalue weighted by molar-refractivity contribution is 8.13. The van der Waals surface area contributed by atoms with Gasteiger partial charge >= 0.3 is 5.17 Å². The second-order valence-electron chi connectivity index (χ2n) is 6.49. The summed E-state index contributed by atoms with van der Waals surface area (Å²) in [5, 5.41) is 13.8. The van der Waals surface area contributed by atoms with Crippen LogP contribution in [0.1, 0.15) is 25.0 Å². The molecule has 2 aliphatic rings. The first kappa shape index (κ1) is 15.2. The molecular weight excluding hydrogens is 318 g/mol. The average Bonchev–Trinajstić information content (AvgIpc) is 3.20. The Hall–Kier alpha value is -2.34. The van der Waals surface area contributed by atoms with Crippen molar-refractivity contribution in [1.29, 1.82) is 0 Å². The smallest absolute Gasteiger partial charge is 0.129 e. The molecule has 0 aromatic heterocycles. The summed E-state index contributed by atoms with van der Waals surface area (Å²) in [5.74, 6) is 0.925. The topological polar surface area (TPSA) is 52.4 Å². The largest absolute Gasteiger partial charge is 0.316 e. The van der Waals surface area contributed by atoms with Crippen LogP contribution in [-0.4, -0.2) is 21.2 Å². The summed E-state index contributed by atoms with van der Waals surface area (Å²) in [6.07, 6.45) is 0. The van der Waals surface area contributed by atoms with Gasteiger partial charge in [-0.3, -0.25) is 0 Å². The predicted octanol–water partition coefficient (Wildman–Crippen LogP) is 4.61. The Morgan fingerprint density at radius 2 is 1.50 bits per heavy atom. The summed E-state index contributed by atoms with van der Waals surface area (Å²) in [4.78, 5) is 4.84. The normalized spacial score (nSPS) is 20.8. The molecule has 0 N–H and O–H groups in total. The molecule has 0 saturated heterocycles. The molecule has 6 heteroatoms. The molecule has 2 heterocycles. The molecule has 5 nitrogen and oxygen atoms in total. The van der Waals surface area contributed by atoms with Gasteiger partial charge in [0.2, 0.25) is 0 Å². The molecule has 24 heavy (non-hydrogen) atoms. The van der Waals surface area contributed by atoms with Crippen molar-refractivity contribution in [3.8, 4) is 0 Å². The molecule has 120 valence electrons. The molecule has 0 fully saturated rings. The van der Waals surface area contributed by atoms with Gasteiger partial charge in [-0.05, 0) is 30.7 Å². The Kier molecular flexibility index (Phi) is 3.57. The first-order chi connectivity index (χ1) is 11.6. The van der Waals surface area contributed by atoms with Gasteiger partial charge in [-0.1, -0.05) is 65.4 Å². The van der Waals surface area contributed by atoms with E-state index in [0.717, 1.165) is 22.0 Å². The summed E-state index contributed by atoms with van der Waals surface area (Å²) < 4.78 is 1.86. The Morgan fingerprint density at radius 3 is 2.00 bits per heavy atom. The fraction of sp³-hybridized carbons (Fsp3) is 0.278. The lowest BCUT2D eigenvalue weighted by atomic mass is 9.92. The van der Waals surface area contributed by atoms with E-state index in [4.69, 9.17) is 4.99 Å². The van der Waals surface area contributed by atoms with Crippen LogP contribution in [0.15, 0.2) is 81.2 Å². The van der Waals surface area contributed by atoms with Crippen LogP contribution in [0.3, 0.4) is 0 Å². The number of amidine groups is 1. The second-order valence-corrected chi connectivity index (χ2v) is 7.43. The van der Waals surface area contributed by atoms with Gasteiger partial charge in [-0.15, -0.1) is 4.99 Å². The minimum atomic E-state index is -0.797. The fourth-order valence-corrected chi connectivity index (χ4v) is 4.10. The summed E-state index contributed by atoms with van der Waals surface area (Å²) in [6.45, 7) is 4.26. The zero-order valence-corrected chi connectivity index (χ0v) is 14.4. The number of aliphatic imine (C=N–C) groups is 1. The van der Waals surface area contributed by atoms with E-state index >= 15 is 0 Å². The molecule has 0 spiro atoms. The number of thioether (sulfide) groups is 1. The Bertz CT molecular complexity index is 801. The van der Waals surface area contributed by atoms with Crippen LogP contribution in [0.25, 0.3) is 0 Å². The molecule has 0 amide bonds. The predicted molar refractivity (Wildman–Crippen MR) is 95.2 cm³/mol. The zero-order chi connectivity index (χ0) is 16.6. The van der Waals surface area contributed by atoms with Crippen molar-refractivity contribution in [3.63, 3.8) is 0 Å².